The van der Waals surface area contributed by atoms with E-state index in [0.717, 1.165) is 27.3 Å². The summed E-state index contributed by atoms with van der Waals surface area (Å²) in [5.74, 6) is -0.920. The van der Waals surface area contributed by atoms with Gasteiger partial charge in [0.05, 0.1) is 23.1 Å². The monoisotopic (exact) mass is 396 g/mol. The third-order valence-corrected chi connectivity index (χ3v) is 5.44. The minimum Gasteiger partial charge on any atom is -0.497 e. The number of thiocarbonyl (C=S) groups is 1. The van der Waals surface area contributed by atoms with Gasteiger partial charge in [-0.2, -0.15) is 10.0 Å². The molecule has 0 aliphatic carbocycles. The van der Waals surface area contributed by atoms with Crippen LogP contribution >= 0.6 is 24.0 Å². The fraction of sp³-hybridized carbons (Fsp3) is 0.0526. The van der Waals surface area contributed by atoms with E-state index in [9.17, 15) is 14.4 Å². The standard InChI is InChI=1S/C19H12N2O4S2/c1-25-12-8-6-11(7-9-12)10-15-18(24)21(19(26)27-15)20-16(22)13-4-2-3-5-14(13)17(20)23/h2-10H,1H3/b15-10+. The second-order valence-corrected chi connectivity index (χ2v) is 7.41. The molecule has 0 atom stereocenters. The van der Waals surface area contributed by atoms with E-state index >= 15 is 0 Å². The number of thioether (sulfide) groups is 1. The van der Waals surface area contributed by atoms with Gasteiger partial charge in [0, 0.05) is 0 Å². The van der Waals surface area contributed by atoms with Crippen molar-refractivity contribution in [3.05, 3.63) is 70.1 Å². The maximum absolute atomic E-state index is 12.9. The molecule has 0 saturated carbocycles. The molecular weight excluding hydrogens is 384 g/mol. The Morgan fingerprint density at radius 3 is 2.04 bits per heavy atom. The van der Waals surface area contributed by atoms with Gasteiger partial charge in [-0.1, -0.05) is 36.0 Å². The summed E-state index contributed by atoms with van der Waals surface area (Å²) in [6, 6.07) is 13.6. The fourth-order valence-corrected chi connectivity index (χ4v) is 4.08. The highest BCUT2D eigenvalue weighted by atomic mass is 32.2. The molecule has 0 spiro atoms. The lowest BCUT2D eigenvalue weighted by Gasteiger charge is -2.23. The van der Waals surface area contributed by atoms with E-state index in [4.69, 9.17) is 17.0 Å². The Morgan fingerprint density at radius 2 is 1.48 bits per heavy atom. The van der Waals surface area contributed by atoms with Crippen LogP contribution in [0.3, 0.4) is 0 Å². The largest absolute Gasteiger partial charge is 0.497 e. The topological polar surface area (TPSA) is 66.9 Å². The number of imide groups is 1. The molecule has 8 heteroatoms. The van der Waals surface area contributed by atoms with Gasteiger partial charge in [0.2, 0.25) is 0 Å². The van der Waals surface area contributed by atoms with Crippen LogP contribution in [0.1, 0.15) is 26.3 Å². The molecule has 1 saturated heterocycles. The molecule has 1 fully saturated rings. The number of rotatable bonds is 3. The average molecular weight is 396 g/mol. The molecule has 2 aromatic rings. The Bertz CT molecular complexity index is 995. The average Bonchev–Trinajstić information content (AvgIpc) is 3.09. The molecule has 27 heavy (non-hydrogen) atoms. The number of ether oxygens (including phenoxy) is 1. The molecule has 3 amide bonds. The van der Waals surface area contributed by atoms with Crippen molar-refractivity contribution in [1.29, 1.82) is 0 Å². The van der Waals surface area contributed by atoms with Crippen molar-refractivity contribution in [2.45, 2.75) is 0 Å². The van der Waals surface area contributed by atoms with E-state index in [1.807, 2.05) is 0 Å². The number of fused-ring (bicyclic) bond motifs is 1. The number of hydrogen-bond donors (Lipinski definition) is 0. The summed E-state index contributed by atoms with van der Waals surface area (Å²) in [6.45, 7) is 0. The number of carbonyl (C=O) groups excluding carboxylic acids is 3. The van der Waals surface area contributed by atoms with Gasteiger partial charge in [0.15, 0.2) is 4.32 Å². The van der Waals surface area contributed by atoms with E-state index in [-0.39, 0.29) is 15.4 Å². The Labute approximate surface area is 164 Å². The van der Waals surface area contributed by atoms with Crippen LogP contribution in [0.15, 0.2) is 53.4 Å². The predicted octanol–water partition coefficient (Wildman–Crippen LogP) is 3.11. The summed E-state index contributed by atoms with van der Waals surface area (Å²) in [6.07, 6.45) is 1.66. The first-order chi connectivity index (χ1) is 13.0. The number of methoxy groups -OCH3 is 1. The molecule has 2 aliphatic heterocycles. The lowest BCUT2D eigenvalue weighted by atomic mass is 10.1. The normalized spacial score (nSPS) is 17.9. The van der Waals surface area contributed by atoms with Gasteiger partial charge < -0.3 is 4.74 Å². The van der Waals surface area contributed by atoms with Crippen LogP contribution in [0, 0.1) is 0 Å². The number of amides is 3. The van der Waals surface area contributed by atoms with Gasteiger partial charge in [0.1, 0.15) is 5.75 Å². The van der Waals surface area contributed by atoms with Crippen LogP contribution in [0.4, 0.5) is 0 Å². The third kappa shape index (κ3) is 2.83. The number of hydrogen-bond acceptors (Lipinski definition) is 6. The highest BCUT2D eigenvalue weighted by Gasteiger charge is 2.46. The highest BCUT2D eigenvalue weighted by Crippen LogP contribution is 2.36. The number of carbonyl (C=O) groups is 3. The summed E-state index contributed by atoms with van der Waals surface area (Å²) in [7, 11) is 1.57. The van der Waals surface area contributed by atoms with Crippen molar-refractivity contribution in [2.24, 2.45) is 0 Å². The molecular formula is C19H12N2O4S2. The summed E-state index contributed by atoms with van der Waals surface area (Å²) in [5.41, 5.74) is 1.30. The van der Waals surface area contributed by atoms with Gasteiger partial charge in [-0.3, -0.25) is 14.4 Å². The molecule has 4 rings (SSSR count). The van der Waals surface area contributed by atoms with Crippen LogP contribution in [-0.2, 0) is 4.79 Å². The Kier molecular flexibility index (Phi) is 4.29. The van der Waals surface area contributed by atoms with Crippen molar-refractivity contribution >= 4 is 52.1 Å². The lowest BCUT2D eigenvalue weighted by Crippen LogP contribution is -2.48. The summed E-state index contributed by atoms with van der Waals surface area (Å²) in [4.78, 5) is 38.4. The van der Waals surface area contributed by atoms with Crippen LogP contribution in [0.25, 0.3) is 6.08 Å². The van der Waals surface area contributed by atoms with E-state index in [1.54, 1.807) is 61.7 Å². The van der Waals surface area contributed by atoms with E-state index in [0.29, 0.717) is 10.7 Å². The maximum Gasteiger partial charge on any atom is 0.285 e. The van der Waals surface area contributed by atoms with Crippen molar-refractivity contribution in [3.8, 4) is 5.75 Å². The summed E-state index contributed by atoms with van der Waals surface area (Å²) in [5, 5.41) is 1.79. The number of benzene rings is 2. The molecule has 0 radical (unpaired) electrons. The second-order valence-electron chi connectivity index (χ2n) is 5.73. The molecule has 0 unspecified atom stereocenters. The maximum atomic E-state index is 12.9. The molecule has 0 aromatic heterocycles. The molecule has 0 N–H and O–H groups in total. The van der Waals surface area contributed by atoms with E-state index in [2.05, 4.69) is 0 Å². The van der Waals surface area contributed by atoms with Crippen LogP contribution < -0.4 is 4.74 Å². The zero-order valence-electron chi connectivity index (χ0n) is 14.0. The second kappa shape index (κ2) is 6.64. The first-order valence-electron chi connectivity index (χ1n) is 7.91. The van der Waals surface area contributed by atoms with Crippen molar-refractivity contribution < 1.29 is 19.1 Å². The Morgan fingerprint density at radius 1 is 0.889 bits per heavy atom. The molecule has 2 aliphatic rings. The molecule has 0 bridgehead atoms. The van der Waals surface area contributed by atoms with Crippen molar-refractivity contribution in [3.63, 3.8) is 0 Å². The van der Waals surface area contributed by atoms with E-state index < -0.39 is 17.7 Å². The first kappa shape index (κ1) is 17.4. The number of nitrogens with zero attached hydrogens (tertiary/aromatic N) is 2. The SMILES string of the molecule is COc1ccc(/C=C2/SC(=S)N(N3C(=O)c4ccccc4C3=O)C2=O)cc1. The first-order valence-corrected chi connectivity index (χ1v) is 9.13. The molecule has 134 valence electrons. The van der Waals surface area contributed by atoms with Gasteiger partial charge in [0.25, 0.3) is 17.7 Å². The summed E-state index contributed by atoms with van der Waals surface area (Å²) < 4.78 is 5.25. The van der Waals surface area contributed by atoms with Crippen LogP contribution in [-0.4, -0.2) is 39.2 Å². The van der Waals surface area contributed by atoms with Crippen LogP contribution in [0.5, 0.6) is 5.75 Å². The van der Waals surface area contributed by atoms with Crippen LogP contribution in [0.2, 0.25) is 0 Å². The molecule has 6 nitrogen and oxygen atoms in total. The zero-order chi connectivity index (χ0) is 19.1. The lowest BCUT2D eigenvalue weighted by molar-refractivity contribution is -0.128. The van der Waals surface area contributed by atoms with Gasteiger partial charge in [-0.05, 0) is 48.1 Å². The third-order valence-electron chi connectivity index (χ3n) is 4.16. The van der Waals surface area contributed by atoms with Gasteiger partial charge in [-0.15, -0.1) is 0 Å². The zero-order valence-corrected chi connectivity index (χ0v) is 15.7. The predicted molar refractivity (Wildman–Crippen MR) is 105 cm³/mol. The van der Waals surface area contributed by atoms with Crippen molar-refractivity contribution in [2.75, 3.05) is 7.11 Å². The fourth-order valence-electron chi connectivity index (χ4n) is 2.84. The molecule has 2 heterocycles. The van der Waals surface area contributed by atoms with Gasteiger partial charge >= 0.3 is 0 Å². The quantitative estimate of drug-likeness (QED) is 0.451. The molecule has 2 aromatic carbocycles. The number of hydrazine groups is 1. The minimum atomic E-state index is -0.558. The van der Waals surface area contributed by atoms with Crippen molar-refractivity contribution in [1.82, 2.24) is 10.0 Å². The summed E-state index contributed by atoms with van der Waals surface area (Å²) >= 11 is 6.31. The van der Waals surface area contributed by atoms with Gasteiger partial charge in [-0.25, -0.2) is 0 Å². The Balaban J connectivity index is 1.65. The Hall–Kier alpha value is -2.97. The smallest absolute Gasteiger partial charge is 0.285 e. The minimum absolute atomic E-state index is 0.134. The van der Waals surface area contributed by atoms with E-state index in [1.165, 1.54) is 0 Å². The highest BCUT2D eigenvalue weighted by molar-refractivity contribution is 8.26.